The molecule has 1 aromatic heterocycles. The maximum absolute atomic E-state index is 12.9. The number of phenols is 1. The number of aromatic hydroxyl groups is 1. The molecule has 1 fully saturated rings. The maximum Gasteiger partial charge on any atom is 0.411 e. The van der Waals surface area contributed by atoms with Gasteiger partial charge in [-0.15, -0.1) is 0 Å². The number of aliphatic hydroxyl groups is 1. The third kappa shape index (κ3) is 13.4. The topological polar surface area (TPSA) is 152 Å². The fourth-order valence-electron chi connectivity index (χ4n) is 8.25. The zero-order valence-corrected chi connectivity index (χ0v) is 35.5. The number of para-hydroxylation sites is 1. The van der Waals surface area contributed by atoms with Crippen LogP contribution < -0.4 is 10.9 Å². The molecule has 0 radical (unpaired) electrons. The molecule has 1 aliphatic rings. The van der Waals surface area contributed by atoms with Gasteiger partial charge >= 0.3 is 6.09 Å². The first kappa shape index (κ1) is 44.8. The number of hydrogen-bond acceptors (Lipinski definition) is 8. The first-order chi connectivity index (χ1) is 29.5. The van der Waals surface area contributed by atoms with E-state index in [4.69, 9.17) is 4.74 Å². The number of rotatable bonds is 20. The lowest BCUT2D eigenvalue weighted by Gasteiger charge is -2.31. The number of phenolic OH excluding ortho intramolecular Hbond substituents is 1. The Morgan fingerprint density at radius 2 is 1.62 bits per heavy atom. The number of anilines is 1. The minimum atomic E-state index is -0.734. The second-order valence-corrected chi connectivity index (χ2v) is 16.6. The predicted octanol–water partition coefficient (Wildman–Crippen LogP) is 8.83. The molecule has 61 heavy (non-hydrogen) atoms. The van der Waals surface area contributed by atoms with Gasteiger partial charge in [-0.25, -0.2) is 4.79 Å². The highest BCUT2D eigenvalue weighted by Gasteiger charge is 2.24. The number of pyridine rings is 1. The number of carbonyl (C=O) groups excluding carboxylic acids is 3. The Labute approximate surface area is 358 Å². The van der Waals surface area contributed by atoms with Crippen LogP contribution in [0.1, 0.15) is 87.5 Å². The fourth-order valence-corrected chi connectivity index (χ4v) is 8.25. The number of ether oxygens (including phenoxy) is 1. The summed E-state index contributed by atoms with van der Waals surface area (Å²) in [5, 5.41) is 24.7. The molecule has 11 heteroatoms. The van der Waals surface area contributed by atoms with Gasteiger partial charge in [0.05, 0.1) is 17.3 Å². The van der Waals surface area contributed by atoms with Crippen molar-refractivity contribution in [1.29, 1.82) is 0 Å². The summed E-state index contributed by atoms with van der Waals surface area (Å²) in [6, 6.07) is 32.0. The van der Waals surface area contributed by atoms with Gasteiger partial charge in [-0.1, -0.05) is 92.2 Å². The van der Waals surface area contributed by atoms with Gasteiger partial charge in [0.25, 0.3) is 0 Å². The van der Waals surface area contributed by atoms with Gasteiger partial charge in [0.1, 0.15) is 17.6 Å². The summed E-state index contributed by atoms with van der Waals surface area (Å²) in [6.07, 6.45) is 6.10. The Morgan fingerprint density at radius 3 is 2.43 bits per heavy atom. The molecule has 1 unspecified atom stereocenters. The van der Waals surface area contributed by atoms with Gasteiger partial charge in [0, 0.05) is 69.5 Å². The molecule has 6 rings (SSSR count). The molecule has 0 bridgehead atoms. The van der Waals surface area contributed by atoms with Crippen molar-refractivity contribution >= 4 is 34.4 Å². The van der Waals surface area contributed by atoms with Gasteiger partial charge in [0.2, 0.25) is 11.5 Å². The van der Waals surface area contributed by atoms with Crippen LogP contribution >= 0.6 is 0 Å². The van der Waals surface area contributed by atoms with E-state index in [2.05, 4.69) is 34.3 Å². The quantitative estimate of drug-likeness (QED) is 0.0569. The number of nitrogens with zero attached hydrogens (tertiary/aromatic N) is 2. The summed E-state index contributed by atoms with van der Waals surface area (Å²) in [5.41, 5.74) is 5.54. The summed E-state index contributed by atoms with van der Waals surface area (Å²) in [6.45, 7) is 5.03. The number of carbonyl (C=O) groups is 3. The van der Waals surface area contributed by atoms with Crippen molar-refractivity contribution < 1.29 is 29.3 Å². The van der Waals surface area contributed by atoms with Crippen LogP contribution in [0.3, 0.4) is 0 Å². The Morgan fingerprint density at radius 1 is 0.869 bits per heavy atom. The highest BCUT2D eigenvalue weighted by atomic mass is 16.6. The standard InChI is InChI=1S/C50H60N4O7/c1-35(19-22-45(56)42-20-23-46(57)49-43(42)21-24-47(58)52-49)32-36-12-11-13-37(33-36)34-39(55)16-7-4-10-28-53(2)48(59)27-31-54-29-25-40(26-30-54)61-50(60)51-44-18-9-8-17-41(44)38-14-5-3-6-15-38/h3,5-6,8-9,11-15,17-18,20-21,23-24,33,35,40,45,56-57H,4,7,10,16,19,22,25-32,34H2,1-2H3,(H,51,60)(H,52,58)/t35?,45-/m0/s1. The second-order valence-electron chi connectivity index (χ2n) is 16.6. The predicted molar refractivity (Wildman–Crippen MR) is 241 cm³/mol. The smallest absolute Gasteiger partial charge is 0.411 e. The van der Waals surface area contributed by atoms with Crippen LogP contribution in [0.4, 0.5) is 10.5 Å². The number of hydrogen-bond donors (Lipinski definition) is 4. The zero-order chi connectivity index (χ0) is 43.1. The van der Waals surface area contributed by atoms with E-state index >= 15 is 0 Å². The van der Waals surface area contributed by atoms with Gasteiger partial charge in [-0.2, -0.15) is 0 Å². The largest absolute Gasteiger partial charge is 0.506 e. The number of H-pyrrole nitrogens is 1. The van der Waals surface area contributed by atoms with Crippen molar-refractivity contribution in [2.24, 2.45) is 5.92 Å². The second kappa shape index (κ2) is 22.2. The molecular weight excluding hydrogens is 769 g/mol. The number of fused-ring (bicyclic) bond motifs is 1. The normalized spacial score (nSPS) is 14.3. The Hall–Kier alpha value is -5.78. The minimum Gasteiger partial charge on any atom is -0.506 e. The zero-order valence-electron chi connectivity index (χ0n) is 35.5. The molecule has 4 aromatic carbocycles. The monoisotopic (exact) mass is 828 g/mol. The van der Waals surface area contributed by atoms with Crippen LogP contribution in [0, 0.1) is 5.92 Å². The van der Waals surface area contributed by atoms with Gasteiger partial charge in [0.15, 0.2) is 0 Å². The summed E-state index contributed by atoms with van der Waals surface area (Å²) in [5.74, 6) is 0.593. The number of amides is 2. The highest BCUT2D eigenvalue weighted by molar-refractivity contribution is 5.91. The Bertz CT molecular complexity index is 2290. The number of Topliss-reactive ketones (excluding diaryl/α,β-unsaturated/α-hetero) is 1. The van der Waals surface area contributed by atoms with Crippen molar-refractivity contribution in [3.05, 3.63) is 130 Å². The molecule has 0 spiro atoms. The van der Waals surface area contributed by atoms with E-state index in [0.29, 0.717) is 66.8 Å². The van der Waals surface area contributed by atoms with Crippen molar-refractivity contribution in [2.75, 3.05) is 38.5 Å². The van der Waals surface area contributed by atoms with Crippen LogP contribution in [0.15, 0.2) is 108 Å². The van der Waals surface area contributed by atoms with E-state index in [1.165, 1.54) is 12.1 Å². The fraction of sp³-hybridized carbons (Fsp3) is 0.400. The number of ketones is 1. The van der Waals surface area contributed by atoms with E-state index < -0.39 is 12.2 Å². The van der Waals surface area contributed by atoms with E-state index in [-0.39, 0.29) is 29.1 Å². The van der Waals surface area contributed by atoms with E-state index in [1.54, 1.807) is 17.0 Å². The first-order valence-corrected chi connectivity index (χ1v) is 21.7. The molecule has 4 N–H and O–H groups in total. The SMILES string of the molecule is CC(CC[C@H](O)c1ccc(O)c2[nH]c(=O)ccc12)Cc1cccc(CC(=O)CCCCCN(C)C(=O)CCN2CCC(OC(=O)Nc3ccccc3-c3ccccc3)CC2)c1. The molecule has 2 amide bonds. The van der Waals surface area contributed by atoms with Crippen molar-refractivity contribution in [3.8, 4) is 16.9 Å². The van der Waals surface area contributed by atoms with Crippen LogP contribution in [-0.2, 0) is 27.2 Å². The summed E-state index contributed by atoms with van der Waals surface area (Å²) in [7, 11) is 1.85. The lowest BCUT2D eigenvalue weighted by molar-refractivity contribution is -0.130. The number of nitrogens with one attached hydrogen (secondary N) is 2. The lowest BCUT2D eigenvalue weighted by Crippen LogP contribution is -2.40. The summed E-state index contributed by atoms with van der Waals surface area (Å²) in [4.78, 5) is 57.0. The number of aromatic nitrogens is 1. The first-order valence-electron chi connectivity index (χ1n) is 21.7. The van der Waals surface area contributed by atoms with Gasteiger partial charge in [-0.3, -0.25) is 19.7 Å². The highest BCUT2D eigenvalue weighted by Crippen LogP contribution is 2.32. The Kier molecular flexibility index (Phi) is 16.3. The van der Waals surface area contributed by atoms with Crippen LogP contribution in [0.2, 0.25) is 0 Å². The molecule has 5 aromatic rings. The van der Waals surface area contributed by atoms with Crippen LogP contribution in [0.25, 0.3) is 22.0 Å². The number of likely N-dealkylation sites (tertiary alicyclic amines) is 1. The van der Waals surface area contributed by atoms with Crippen LogP contribution in [0.5, 0.6) is 5.75 Å². The summed E-state index contributed by atoms with van der Waals surface area (Å²) < 4.78 is 5.77. The average Bonchev–Trinajstić information content (AvgIpc) is 3.26. The number of unbranched alkanes of at least 4 members (excludes halogenated alkanes) is 2. The average molecular weight is 829 g/mol. The van der Waals surface area contributed by atoms with Gasteiger partial charge < -0.3 is 29.7 Å². The summed E-state index contributed by atoms with van der Waals surface area (Å²) >= 11 is 0. The van der Waals surface area contributed by atoms with Crippen LogP contribution in [-0.4, -0.2) is 82.1 Å². The number of aromatic amines is 1. The molecule has 1 saturated heterocycles. The lowest BCUT2D eigenvalue weighted by atomic mass is 9.91. The number of piperidine rings is 1. The molecule has 2 atom stereocenters. The van der Waals surface area contributed by atoms with Crippen molar-refractivity contribution in [2.45, 2.75) is 89.8 Å². The number of benzene rings is 4. The molecule has 2 heterocycles. The van der Waals surface area contributed by atoms with Crippen molar-refractivity contribution in [3.63, 3.8) is 0 Å². The van der Waals surface area contributed by atoms with E-state index in [0.717, 1.165) is 80.3 Å². The Balaban J connectivity index is 0.816. The third-order valence-corrected chi connectivity index (χ3v) is 11.7. The van der Waals surface area contributed by atoms with Crippen molar-refractivity contribution in [1.82, 2.24) is 14.8 Å². The molecular formula is C50H60N4O7. The maximum atomic E-state index is 12.9. The van der Waals surface area contributed by atoms with E-state index in [1.807, 2.05) is 73.8 Å². The molecule has 0 aliphatic carbocycles. The third-order valence-electron chi connectivity index (χ3n) is 11.7. The molecule has 1 aliphatic heterocycles. The van der Waals surface area contributed by atoms with Gasteiger partial charge in [-0.05, 0) is 91.3 Å². The number of aliphatic hydroxyl groups excluding tert-OH is 1. The molecule has 0 saturated carbocycles. The minimum absolute atomic E-state index is 0.0254. The molecule has 322 valence electrons. The van der Waals surface area contributed by atoms with E-state index in [9.17, 15) is 29.4 Å². The molecule has 11 nitrogen and oxygen atoms in total.